The van der Waals surface area contributed by atoms with Gasteiger partial charge in [0.2, 0.25) is 5.91 Å². The van der Waals surface area contributed by atoms with Crippen molar-refractivity contribution in [2.75, 3.05) is 30.3 Å². The minimum absolute atomic E-state index is 0. The molecule has 0 saturated carbocycles. The number of benzene rings is 1. The molecule has 2 aliphatic rings. The molecule has 2 fully saturated rings. The molecule has 0 unspecified atom stereocenters. The number of amides is 3. The molecule has 0 bridgehead atoms. The Morgan fingerprint density at radius 2 is 1.59 bits per heavy atom. The Bertz CT molecular complexity index is 580. The molecule has 1 aromatic rings. The first kappa shape index (κ1) is 21.5. The van der Waals surface area contributed by atoms with Crippen molar-refractivity contribution < 1.29 is 9.59 Å². The summed E-state index contributed by atoms with van der Waals surface area (Å²) in [6, 6.07) is 7.73. The van der Waals surface area contributed by atoms with Crippen LogP contribution in [0.4, 0.5) is 16.2 Å². The van der Waals surface area contributed by atoms with Crippen LogP contribution in [0, 0.1) is 5.92 Å². The third-order valence-electron chi connectivity index (χ3n) is 5.29. The van der Waals surface area contributed by atoms with E-state index in [0.29, 0.717) is 6.04 Å². The Morgan fingerprint density at radius 1 is 1.00 bits per heavy atom. The second kappa shape index (κ2) is 10.5. The molecule has 0 aliphatic carbocycles. The summed E-state index contributed by atoms with van der Waals surface area (Å²) in [7, 11) is 0. The molecule has 6 nitrogen and oxygen atoms in total. The lowest BCUT2D eigenvalue weighted by molar-refractivity contribution is -0.120. The summed E-state index contributed by atoms with van der Waals surface area (Å²) < 4.78 is 0. The van der Waals surface area contributed by atoms with E-state index in [4.69, 9.17) is 0 Å². The SMILES string of the molecule is C[C@H]1C[C@@H](C(=O)Nc2ccc(NC(=O)N3CCCCCC3)cc2)CCN1.Cl. The van der Waals surface area contributed by atoms with Crippen molar-refractivity contribution in [3.8, 4) is 0 Å². The Balaban J connectivity index is 0.00000261. The fourth-order valence-electron chi connectivity index (χ4n) is 3.73. The number of urea groups is 1. The number of hydrogen-bond donors (Lipinski definition) is 3. The van der Waals surface area contributed by atoms with E-state index in [2.05, 4.69) is 22.9 Å². The van der Waals surface area contributed by atoms with Crippen LogP contribution >= 0.6 is 12.4 Å². The highest BCUT2D eigenvalue weighted by atomic mass is 35.5. The molecule has 2 atom stereocenters. The monoisotopic (exact) mass is 394 g/mol. The van der Waals surface area contributed by atoms with Crippen LogP contribution in [0.25, 0.3) is 0 Å². The number of hydrogen-bond acceptors (Lipinski definition) is 3. The van der Waals surface area contributed by atoms with Crippen LogP contribution in [0.3, 0.4) is 0 Å². The van der Waals surface area contributed by atoms with Gasteiger partial charge in [-0.3, -0.25) is 4.79 Å². The largest absolute Gasteiger partial charge is 0.326 e. The normalized spacial score (nSPS) is 22.9. The van der Waals surface area contributed by atoms with E-state index in [1.165, 1.54) is 12.8 Å². The van der Waals surface area contributed by atoms with E-state index >= 15 is 0 Å². The first-order valence-corrected chi connectivity index (χ1v) is 9.82. The average molecular weight is 395 g/mol. The van der Waals surface area contributed by atoms with Crippen molar-refractivity contribution in [3.63, 3.8) is 0 Å². The van der Waals surface area contributed by atoms with Crippen LogP contribution in [0.5, 0.6) is 0 Å². The highest BCUT2D eigenvalue weighted by Crippen LogP contribution is 2.20. The number of piperidine rings is 1. The standard InChI is InChI=1S/C20H30N4O2.ClH/c1-15-14-16(10-11-21-15)19(25)22-17-6-8-18(9-7-17)23-20(26)24-12-4-2-3-5-13-24;/h6-9,15-16,21H,2-5,10-14H2,1H3,(H,22,25)(H,23,26);1H/t15-,16-;/m0./s1. The smallest absolute Gasteiger partial charge is 0.321 e. The van der Waals surface area contributed by atoms with E-state index < -0.39 is 0 Å². The van der Waals surface area contributed by atoms with Crippen molar-refractivity contribution in [2.24, 2.45) is 5.92 Å². The van der Waals surface area contributed by atoms with Crippen LogP contribution in [0.2, 0.25) is 0 Å². The second-order valence-electron chi connectivity index (χ2n) is 7.47. The molecule has 2 aliphatic heterocycles. The second-order valence-corrected chi connectivity index (χ2v) is 7.47. The van der Waals surface area contributed by atoms with E-state index in [-0.39, 0.29) is 30.3 Å². The maximum absolute atomic E-state index is 12.4. The zero-order valence-electron chi connectivity index (χ0n) is 16.0. The van der Waals surface area contributed by atoms with Crippen LogP contribution in [-0.2, 0) is 4.79 Å². The number of likely N-dealkylation sites (tertiary alicyclic amines) is 1. The quantitative estimate of drug-likeness (QED) is 0.729. The van der Waals surface area contributed by atoms with Crippen molar-refractivity contribution >= 4 is 35.7 Å². The zero-order chi connectivity index (χ0) is 18.4. The average Bonchev–Trinajstić information content (AvgIpc) is 2.93. The lowest BCUT2D eigenvalue weighted by atomic mass is 9.92. The van der Waals surface area contributed by atoms with Gasteiger partial charge in [-0.05, 0) is 63.4 Å². The lowest BCUT2D eigenvalue weighted by Gasteiger charge is -2.27. The van der Waals surface area contributed by atoms with Crippen LogP contribution in [-0.4, -0.2) is 42.5 Å². The molecule has 3 N–H and O–H groups in total. The minimum Gasteiger partial charge on any atom is -0.326 e. The van der Waals surface area contributed by atoms with E-state index in [9.17, 15) is 9.59 Å². The number of nitrogens with one attached hydrogen (secondary N) is 3. The highest BCUT2D eigenvalue weighted by Gasteiger charge is 2.24. The summed E-state index contributed by atoms with van der Waals surface area (Å²) in [5.74, 6) is 0.147. The van der Waals surface area contributed by atoms with Crippen LogP contribution < -0.4 is 16.0 Å². The first-order valence-electron chi connectivity index (χ1n) is 9.82. The van der Waals surface area contributed by atoms with Gasteiger partial charge in [-0.15, -0.1) is 12.4 Å². The number of carbonyl (C=O) groups is 2. The molecule has 7 heteroatoms. The molecule has 27 heavy (non-hydrogen) atoms. The van der Waals surface area contributed by atoms with Gasteiger partial charge < -0.3 is 20.9 Å². The predicted molar refractivity (Wildman–Crippen MR) is 112 cm³/mol. The van der Waals surface area contributed by atoms with E-state index in [1.54, 1.807) is 0 Å². The topological polar surface area (TPSA) is 73.5 Å². The Morgan fingerprint density at radius 3 is 2.19 bits per heavy atom. The number of nitrogens with zero attached hydrogens (tertiary/aromatic N) is 1. The molecule has 2 heterocycles. The summed E-state index contributed by atoms with van der Waals surface area (Å²) in [6.07, 6.45) is 6.30. The summed E-state index contributed by atoms with van der Waals surface area (Å²) in [4.78, 5) is 26.6. The molecule has 0 radical (unpaired) electrons. The maximum Gasteiger partial charge on any atom is 0.321 e. The molecular weight excluding hydrogens is 364 g/mol. The lowest BCUT2D eigenvalue weighted by Crippen LogP contribution is -2.40. The molecule has 3 rings (SSSR count). The fourth-order valence-corrected chi connectivity index (χ4v) is 3.73. The molecule has 3 amide bonds. The zero-order valence-corrected chi connectivity index (χ0v) is 16.8. The first-order chi connectivity index (χ1) is 12.6. The Labute approximate surface area is 167 Å². The molecule has 0 aromatic heterocycles. The van der Waals surface area contributed by atoms with Crippen LogP contribution in [0.1, 0.15) is 45.4 Å². The van der Waals surface area contributed by atoms with Gasteiger partial charge in [0.15, 0.2) is 0 Å². The van der Waals surface area contributed by atoms with Crippen LogP contribution in [0.15, 0.2) is 24.3 Å². The van der Waals surface area contributed by atoms with Gasteiger partial charge in [-0.2, -0.15) is 0 Å². The van der Waals surface area contributed by atoms with Crippen molar-refractivity contribution in [1.29, 1.82) is 0 Å². The third kappa shape index (κ3) is 6.40. The summed E-state index contributed by atoms with van der Waals surface area (Å²) in [5.41, 5.74) is 1.53. The number of anilines is 2. The molecule has 1 aromatic carbocycles. The Hall–Kier alpha value is -1.79. The van der Waals surface area contributed by atoms with Gasteiger partial charge in [-0.1, -0.05) is 12.8 Å². The van der Waals surface area contributed by atoms with Gasteiger partial charge in [-0.25, -0.2) is 4.79 Å². The van der Waals surface area contributed by atoms with E-state index in [1.807, 2.05) is 29.2 Å². The number of halogens is 1. The summed E-state index contributed by atoms with van der Waals surface area (Å²) in [5, 5.41) is 9.31. The van der Waals surface area contributed by atoms with Crippen molar-refractivity contribution in [1.82, 2.24) is 10.2 Å². The minimum atomic E-state index is -0.0348. The summed E-state index contributed by atoms with van der Waals surface area (Å²) >= 11 is 0. The van der Waals surface area contributed by atoms with Crippen molar-refractivity contribution in [2.45, 2.75) is 51.5 Å². The van der Waals surface area contributed by atoms with Gasteiger partial charge in [0.1, 0.15) is 0 Å². The molecular formula is C20H31ClN4O2. The fraction of sp³-hybridized carbons (Fsp3) is 0.600. The van der Waals surface area contributed by atoms with Crippen molar-refractivity contribution in [3.05, 3.63) is 24.3 Å². The van der Waals surface area contributed by atoms with Gasteiger partial charge in [0.25, 0.3) is 0 Å². The third-order valence-corrected chi connectivity index (χ3v) is 5.29. The van der Waals surface area contributed by atoms with Gasteiger partial charge in [0, 0.05) is 36.4 Å². The number of rotatable bonds is 3. The maximum atomic E-state index is 12.4. The predicted octanol–water partition coefficient (Wildman–Crippen LogP) is 3.84. The molecule has 0 spiro atoms. The summed E-state index contributed by atoms with van der Waals surface area (Å²) in [6.45, 7) is 4.66. The Kier molecular flexibility index (Phi) is 8.38. The van der Waals surface area contributed by atoms with E-state index in [0.717, 1.165) is 56.7 Å². The highest BCUT2D eigenvalue weighted by molar-refractivity contribution is 5.93. The number of carbonyl (C=O) groups excluding carboxylic acids is 2. The molecule has 150 valence electrons. The van der Waals surface area contributed by atoms with Gasteiger partial charge in [0.05, 0.1) is 0 Å². The van der Waals surface area contributed by atoms with Gasteiger partial charge >= 0.3 is 6.03 Å². The molecule has 2 saturated heterocycles.